The smallest absolute Gasteiger partial charge is 0.119 e. The number of aromatic nitrogens is 2. The Kier molecular flexibility index (Phi) is 6.02. The Morgan fingerprint density at radius 3 is 2.42 bits per heavy atom. The Balaban J connectivity index is 1.38. The topological polar surface area (TPSA) is 39.5 Å². The normalized spacial score (nSPS) is 14.3. The lowest BCUT2D eigenvalue weighted by molar-refractivity contribution is 0.238. The zero-order valence-electron chi connectivity index (χ0n) is 21.4. The molecule has 0 aliphatic carbocycles. The minimum Gasteiger partial charge on any atom is -0.497 e. The van der Waals surface area contributed by atoms with Crippen molar-refractivity contribution in [3.05, 3.63) is 77.6 Å². The summed E-state index contributed by atoms with van der Waals surface area (Å²) in [6.45, 7) is 9.40. The highest BCUT2D eigenvalue weighted by Crippen LogP contribution is 2.40. The summed E-state index contributed by atoms with van der Waals surface area (Å²) < 4.78 is 14.1. The van der Waals surface area contributed by atoms with E-state index in [1.807, 2.05) is 12.4 Å². The zero-order chi connectivity index (χ0) is 24.6. The summed E-state index contributed by atoms with van der Waals surface area (Å²) in [5, 5.41) is 4.97. The summed E-state index contributed by atoms with van der Waals surface area (Å²) in [6.07, 6.45) is 6.51. The Morgan fingerprint density at radius 2 is 1.64 bits per heavy atom. The van der Waals surface area contributed by atoms with Gasteiger partial charge < -0.3 is 14.0 Å². The van der Waals surface area contributed by atoms with Crippen molar-refractivity contribution >= 4 is 32.6 Å². The van der Waals surface area contributed by atoms with Crippen LogP contribution in [-0.4, -0.2) is 47.8 Å². The fraction of sp³-hybridized carbons (Fsp3) is 0.323. The van der Waals surface area contributed by atoms with Gasteiger partial charge in [0.15, 0.2) is 0 Å². The van der Waals surface area contributed by atoms with Crippen LogP contribution in [0.1, 0.15) is 29.5 Å². The molecule has 5 nitrogen and oxygen atoms in total. The molecular formula is C31H33N3O2. The molecule has 36 heavy (non-hydrogen) atoms. The highest BCUT2D eigenvalue weighted by Gasteiger charge is 2.19. The molecule has 0 spiro atoms. The number of rotatable bonds is 7. The Labute approximate surface area is 212 Å². The van der Waals surface area contributed by atoms with E-state index >= 15 is 0 Å². The largest absolute Gasteiger partial charge is 0.497 e. The molecule has 1 saturated heterocycles. The van der Waals surface area contributed by atoms with E-state index in [-0.39, 0.29) is 0 Å². The highest BCUT2D eigenvalue weighted by molar-refractivity contribution is 6.17. The number of benzene rings is 3. The van der Waals surface area contributed by atoms with Crippen LogP contribution >= 0.6 is 0 Å². The molecule has 0 amide bonds. The molecule has 0 atom stereocenters. The maximum atomic E-state index is 6.04. The van der Waals surface area contributed by atoms with Gasteiger partial charge in [0, 0.05) is 47.2 Å². The third-order valence-corrected chi connectivity index (χ3v) is 7.77. The van der Waals surface area contributed by atoms with Gasteiger partial charge in [0.25, 0.3) is 0 Å². The van der Waals surface area contributed by atoms with Gasteiger partial charge in [-0.25, -0.2) is 0 Å². The van der Waals surface area contributed by atoms with E-state index in [9.17, 15) is 0 Å². The van der Waals surface area contributed by atoms with Crippen molar-refractivity contribution < 1.29 is 9.47 Å². The van der Waals surface area contributed by atoms with Crippen LogP contribution in [0.4, 0.5) is 0 Å². The minimum atomic E-state index is 0.745. The molecule has 0 N–H and O–H groups in total. The molecule has 0 radical (unpaired) electrons. The van der Waals surface area contributed by atoms with Crippen molar-refractivity contribution in [2.24, 2.45) is 0 Å². The van der Waals surface area contributed by atoms with E-state index in [2.05, 4.69) is 76.8 Å². The van der Waals surface area contributed by atoms with Crippen LogP contribution < -0.4 is 9.47 Å². The molecule has 5 heteroatoms. The van der Waals surface area contributed by atoms with Crippen LogP contribution in [0, 0.1) is 13.8 Å². The van der Waals surface area contributed by atoms with E-state index in [0.717, 1.165) is 31.2 Å². The number of fused-ring (bicyclic) bond motifs is 4. The summed E-state index contributed by atoms with van der Waals surface area (Å²) in [4.78, 5) is 6.90. The number of nitrogens with zero attached hydrogens (tertiary/aromatic N) is 3. The lowest BCUT2D eigenvalue weighted by atomic mass is 9.97. The number of hydrogen-bond acceptors (Lipinski definition) is 4. The molecule has 1 aliphatic rings. The molecule has 2 aromatic heterocycles. The standard InChI is InChI=1S/C31H33N3O2/c1-21-28-19-32-13-12-26(28)22(2)31-30(21)27-18-25(35-3)10-11-29(27)34(31)20-23-6-8-24(9-7-23)36-17-16-33-14-4-5-15-33/h6-13,18-19H,4-5,14-17,20H2,1-3H3. The molecule has 3 heterocycles. The second-order valence-corrected chi connectivity index (χ2v) is 9.91. The van der Waals surface area contributed by atoms with Crippen LogP contribution in [0.2, 0.25) is 0 Å². The molecule has 0 saturated carbocycles. The van der Waals surface area contributed by atoms with Crippen molar-refractivity contribution in [2.45, 2.75) is 33.2 Å². The third kappa shape index (κ3) is 3.97. The minimum absolute atomic E-state index is 0.745. The van der Waals surface area contributed by atoms with Gasteiger partial charge in [-0.1, -0.05) is 12.1 Å². The van der Waals surface area contributed by atoms with E-state index in [0.29, 0.717) is 0 Å². The molecule has 1 aliphatic heterocycles. The molecule has 3 aromatic carbocycles. The molecule has 0 unspecified atom stereocenters. The van der Waals surface area contributed by atoms with Gasteiger partial charge in [0.2, 0.25) is 0 Å². The van der Waals surface area contributed by atoms with Crippen molar-refractivity contribution in [3.8, 4) is 11.5 Å². The van der Waals surface area contributed by atoms with E-state index in [4.69, 9.17) is 9.47 Å². The number of methoxy groups -OCH3 is 1. The van der Waals surface area contributed by atoms with Gasteiger partial charge in [-0.2, -0.15) is 0 Å². The highest BCUT2D eigenvalue weighted by atomic mass is 16.5. The first-order valence-electron chi connectivity index (χ1n) is 12.9. The second-order valence-electron chi connectivity index (χ2n) is 9.91. The van der Waals surface area contributed by atoms with Crippen LogP contribution in [0.15, 0.2) is 60.9 Å². The van der Waals surface area contributed by atoms with Crippen LogP contribution in [0.5, 0.6) is 11.5 Å². The number of ether oxygens (including phenoxy) is 2. The Bertz CT molecular complexity index is 1550. The second kappa shape index (κ2) is 9.47. The SMILES string of the molecule is COc1ccc2c(c1)c1c(C)c3cnccc3c(C)c1n2Cc1ccc(OCCN2CCCC2)cc1. The van der Waals surface area contributed by atoms with Crippen molar-refractivity contribution in [2.75, 3.05) is 33.4 Å². The van der Waals surface area contributed by atoms with Crippen LogP contribution in [0.3, 0.4) is 0 Å². The van der Waals surface area contributed by atoms with Gasteiger partial charge in [0.05, 0.1) is 12.6 Å². The fourth-order valence-electron chi connectivity index (χ4n) is 5.85. The molecular weight excluding hydrogens is 446 g/mol. The first-order chi connectivity index (χ1) is 17.6. The monoisotopic (exact) mass is 479 g/mol. The number of aryl methyl sites for hydroxylation is 2. The van der Waals surface area contributed by atoms with Gasteiger partial charge in [-0.05, 0) is 98.3 Å². The third-order valence-electron chi connectivity index (χ3n) is 7.77. The maximum absolute atomic E-state index is 6.04. The van der Waals surface area contributed by atoms with Crippen molar-refractivity contribution in [1.82, 2.24) is 14.5 Å². The van der Waals surface area contributed by atoms with Crippen LogP contribution in [-0.2, 0) is 6.54 Å². The van der Waals surface area contributed by atoms with E-state index in [1.54, 1.807) is 7.11 Å². The number of hydrogen-bond donors (Lipinski definition) is 0. The van der Waals surface area contributed by atoms with Crippen molar-refractivity contribution in [1.29, 1.82) is 0 Å². The lowest BCUT2D eigenvalue weighted by Gasteiger charge is -2.15. The van der Waals surface area contributed by atoms with E-state index < -0.39 is 0 Å². The average Bonchev–Trinajstić information content (AvgIpc) is 3.54. The quantitative estimate of drug-likeness (QED) is 0.267. The maximum Gasteiger partial charge on any atom is 0.119 e. The first-order valence-corrected chi connectivity index (χ1v) is 12.9. The van der Waals surface area contributed by atoms with Crippen molar-refractivity contribution in [3.63, 3.8) is 0 Å². The predicted octanol–water partition coefficient (Wildman–Crippen LogP) is 6.49. The summed E-state index contributed by atoms with van der Waals surface area (Å²) in [7, 11) is 1.73. The van der Waals surface area contributed by atoms with Gasteiger partial charge >= 0.3 is 0 Å². The Hall–Kier alpha value is -3.57. The summed E-state index contributed by atoms with van der Waals surface area (Å²) in [6, 6.07) is 17.1. The average molecular weight is 480 g/mol. The molecule has 0 bridgehead atoms. The first kappa shape index (κ1) is 22.9. The summed E-state index contributed by atoms with van der Waals surface area (Å²) in [5.74, 6) is 1.82. The van der Waals surface area contributed by atoms with Crippen LogP contribution in [0.25, 0.3) is 32.6 Å². The predicted molar refractivity (Wildman–Crippen MR) is 147 cm³/mol. The van der Waals surface area contributed by atoms with Gasteiger partial charge in [0.1, 0.15) is 18.1 Å². The fourth-order valence-corrected chi connectivity index (χ4v) is 5.85. The Morgan fingerprint density at radius 1 is 0.861 bits per heavy atom. The molecule has 6 rings (SSSR count). The molecule has 184 valence electrons. The van der Waals surface area contributed by atoms with E-state index in [1.165, 1.54) is 75.2 Å². The molecule has 1 fully saturated rings. The van der Waals surface area contributed by atoms with Gasteiger partial charge in [-0.15, -0.1) is 0 Å². The molecule has 5 aromatic rings. The number of likely N-dealkylation sites (tertiary alicyclic amines) is 1. The van der Waals surface area contributed by atoms with Gasteiger partial charge in [-0.3, -0.25) is 9.88 Å². The lowest BCUT2D eigenvalue weighted by Crippen LogP contribution is -2.25. The zero-order valence-corrected chi connectivity index (χ0v) is 21.4. The number of pyridine rings is 1. The summed E-state index contributed by atoms with van der Waals surface area (Å²) >= 11 is 0. The summed E-state index contributed by atoms with van der Waals surface area (Å²) in [5.41, 5.74) is 6.29.